The number of aromatic nitrogens is 1. The normalized spacial score (nSPS) is 10.0. The molecule has 0 spiro atoms. The number of hydrogen-bond acceptors (Lipinski definition) is 3. The maximum atomic E-state index is 12.2. The van der Waals surface area contributed by atoms with E-state index in [-0.39, 0.29) is 5.91 Å². The van der Waals surface area contributed by atoms with E-state index in [1.54, 1.807) is 18.3 Å². The summed E-state index contributed by atoms with van der Waals surface area (Å²) in [6.45, 7) is 2.69. The van der Waals surface area contributed by atoms with Crippen LogP contribution in [0.25, 0.3) is 0 Å². The van der Waals surface area contributed by atoms with Crippen LogP contribution >= 0.6 is 22.6 Å². The van der Waals surface area contributed by atoms with E-state index in [9.17, 15) is 4.79 Å². The van der Waals surface area contributed by atoms with Crippen LogP contribution < -0.4 is 10.6 Å². The minimum absolute atomic E-state index is 0.161. The summed E-state index contributed by atoms with van der Waals surface area (Å²) >= 11 is 2.21. The predicted molar refractivity (Wildman–Crippen MR) is 85.5 cm³/mol. The second-order valence-electron chi connectivity index (χ2n) is 3.89. The van der Waals surface area contributed by atoms with Crippen molar-refractivity contribution < 1.29 is 4.79 Å². The lowest BCUT2D eigenvalue weighted by atomic mass is 10.2. The molecule has 2 N–H and O–H groups in total. The zero-order valence-corrected chi connectivity index (χ0v) is 12.6. The average Bonchev–Trinajstić information content (AvgIpc) is 2.39. The van der Waals surface area contributed by atoms with Gasteiger partial charge in [0.2, 0.25) is 0 Å². The first-order valence-corrected chi connectivity index (χ1v) is 7.04. The Kier molecular flexibility index (Phi) is 4.73. The zero-order chi connectivity index (χ0) is 13.7. The summed E-state index contributed by atoms with van der Waals surface area (Å²) in [7, 11) is 0. The third-order valence-electron chi connectivity index (χ3n) is 2.48. The van der Waals surface area contributed by atoms with Crippen molar-refractivity contribution in [2.24, 2.45) is 0 Å². The topological polar surface area (TPSA) is 54.0 Å². The number of carbonyl (C=O) groups excluding carboxylic acids is 1. The van der Waals surface area contributed by atoms with E-state index in [1.807, 2.05) is 31.2 Å². The smallest absolute Gasteiger partial charge is 0.259 e. The van der Waals surface area contributed by atoms with E-state index in [0.29, 0.717) is 11.4 Å². The molecule has 1 heterocycles. The fraction of sp³-hybridized carbons (Fsp3) is 0.143. The van der Waals surface area contributed by atoms with Gasteiger partial charge in [-0.2, -0.15) is 0 Å². The summed E-state index contributed by atoms with van der Waals surface area (Å²) in [4.78, 5) is 16.4. The number of nitrogens with zero attached hydrogens (tertiary/aromatic N) is 1. The van der Waals surface area contributed by atoms with Gasteiger partial charge in [0.1, 0.15) is 5.82 Å². The summed E-state index contributed by atoms with van der Waals surface area (Å²) in [6.07, 6.45) is 1.67. The number of halogens is 1. The van der Waals surface area contributed by atoms with Crippen molar-refractivity contribution in [3.8, 4) is 0 Å². The summed E-state index contributed by atoms with van der Waals surface area (Å²) in [6, 6.07) is 11.2. The van der Waals surface area contributed by atoms with Crippen LogP contribution in [0.5, 0.6) is 0 Å². The van der Waals surface area contributed by atoms with Crippen molar-refractivity contribution in [1.82, 2.24) is 4.98 Å². The van der Waals surface area contributed by atoms with E-state index < -0.39 is 0 Å². The van der Waals surface area contributed by atoms with Gasteiger partial charge in [0, 0.05) is 22.0 Å². The summed E-state index contributed by atoms with van der Waals surface area (Å²) < 4.78 is 1.08. The Morgan fingerprint density at radius 1 is 1.32 bits per heavy atom. The number of amides is 1. The van der Waals surface area contributed by atoms with Gasteiger partial charge in [-0.1, -0.05) is 6.07 Å². The molecule has 5 heteroatoms. The second-order valence-corrected chi connectivity index (χ2v) is 5.14. The highest BCUT2D eigenvalue weighted by molar-refractivity contribution is 14.1. The van der Waals surface area contributed by atoms with Crippen LogP contribution in [0.15, 0.2) is 42.6 Å². The molecule has 0 atom stereocenters. The fourth-order valence-corrected chi connectivity index (χ4v) is 2.20. The molecule has 1 amide bonds. The third kappa shape index (κ3) is 3.66. The molecule has 4 nitrogen and oxygen atoms in total. The van der Waals surface area contributed by atoms with Crippen LogP contribution in [0.2, 0.25) is 0 Å². The maximum Gasteiger partial charge on any atom is 0.259 e. The van der Waals surface area contributed by atoms with Crippen LogP contribution in [-0.2, 0) is 0 Å². The average molecular weight is 367 g/mol. The lowest BCUT2D eigenvalue weighted by molar-refractivity contribution is 0.102. The molecule has 0 aliphatic carbocycles. The van der Waals surface area contributed by atoms with Crippen LogP contribution in [0.1, 0.15) is 17.3 Å². The van der Waals surface area contributed by atoms with Gasteiger partial charge in [0.15, 0.2) is 0 Å². The third-order valence-corrected chi connectivity index (χ3v) is 3.15. The van der Waals surface area contributed by atoms with Gasteiger partial charge in [-0.05, 0) is 59.8 Å². The highest BCUT2D eigenvalue weighted by Gasteiger charge is 2.11. The summed E-state index contributed by atoms with van der Waals surface area (Å²) in [5.41, 5.74) is 1.33. The van der Waals surface area contributed by atoms with Crippen molar-refractivity contribution in [2.45, 2.75) is 6.92 Å². The molecule has 1 aromatic heterocycles. The number of hydrogen-bond donors (Lipinski definition) is 2. The first-order chi connectivity index (χ1) is 9.20. The van der Waals surface area contributed by atoms with Crippen LogP contribution in [0.3, 0.4) is 0 Å². The van der Waals surface area contributed by atoms with E-state index in [0.717, 1.165) is 15.8 Å². The Morgan fingerprint density at radius 2 is 2.16 bits per heavy atom. The molecule has 0 saturated heterocycles. The number of pyridine rings is 1. The SMILES string of the molecule is CCNc1ncccc1C(=O)Nc1cccc(I)c1. The molecule has 0 bridgehead atoms. The lowest BCUT2D eigenvalue weighted by Gasteiger charge is -2.10. The minimum atomic E-state index is -0.161. The molecule has 0 aliphatic rings. The lowest BCUT2D eigenvalue weighted by Crippen LogP contribution is -2.15. The molecule has 0 fully saturated rings. The predicted octanol–water partition coefficient (Wildman–Crippen LogP) is 3.37. The molecule has 0 radical (unpaired) electrons. The van der Waals surface area contributed by atoms with Crippen molar-refractivity contribution in [3.05, 3.63) is 51.7 Å². The van der Waals surface area contributed by atoms with Gasteiger partial charge in [0.05, 0.1) is 5.56 Å². The molecule has 19 heavy (non-hydrogen) atoms. The molecule has 0 saturated carbocycles. The Hall–Kier alpha value is -1.63. The summed E-state index contributed by atoms with van der Waals surface area (Å²) in [5.74, 6) is 0.444. The highest BCUT2D eigenvalue weighted by atomic mass is 127. The van der Waals surface area contributed by atoms with Crippen molar-refractivity contribution in [2.75, 3.05) is 17.2 Å². The maximum absolute atomic E-state index is 12.2. The van der Waals surface area contributed by atoms with E-state index in [1.165, 1.54) is 0 Å². The minimum Gasteiger partial charge on any atom is -0.370 e. The van der Waals surface area contributed by atoms with Gasteiger partial charge in [-0.25, -0.2) is 4.98 Å². The van der Waals surface area contributed by atoms with Gasteiger partial charge in [-0.15, -0.1) is 0 Å². The van der Waals surface area contributed by atoms with Crippen molar-refractivity contribution in [1.29, 1.82) is 0 Å². The number of rotatable bonds is 4. The number of anilines is 2. The van der Waals surface area contributed by atoms with Crippen LogP contribution in [0.4, 0.5) is 11.5 Å². The molecular formula is C14H14IN3O. The fourth-order valence-electron chi connectivity index (χ4n) is 1.66. The van der Waals surface area contributed by atoms with E-state index >= 15 is 0 Å². The van der Waals surface area contributed by atoms with Gasteiger partial charge < -0.3 is 10.6 Å². The van der Waals surface area contributed by atoms with Gasteiger partial charge >= 0.3 is 0 Å². The molecular weight excluding hydrogens is 353 g/mol. The zero-order valence-electron chi connectivity index (χ0n) is 10.5. The Bertz CT molecular complexity index is 586. The number of benzene rings is 1. The molecule has 1 aromatic carbocycles. The first-order valence-electron chi connectivity index (χ1n) is 5.96. The second kappa shape index (κ2) is 6.51. The van der Waals surface area contributed by atoms with Gasteiger partial charge in [-0.3, -0.25) is 4.79 Å². The molecule has 98 valence electrons. The van der Waals surface area contributed by atoms with Crippen LogP contribution in [0, 0.1) is 3.57 Å². The Morgan fingerprint density at radius 3 is 2.89 bits per heavy atom. The monoisotopic (exact) mass is 367 g/mol. The quantitative estimate of drug-likeness (QED) is 0.815. The van der Waals surface area contributed by atoms with E-state index in [2.05, 4.69) is 38.2 Å². The van der Waals surface area contributed by atoms with Crippen molar-refractivity contribution >= 4 is 40.0 Å². The standard InChI is InChI=1S/C14H14IN3O/c1-2-16-13-12(7-4-8-17-13)14(19)18-11-6-3-5-10(15)9-11/h3-9H,2H2,1H3,(H,16,17)(H,18,19). The molecule has 0 unspecified atom stereocenters. The van der Waals surface area contributed by atoms with Crippen LogP contribution in [-0.4, -0.2) is 17.4 Å². The number of nitrogens with one attached hydrogen (secondary N) is 2. The molecule has 2 rings (SSSR count). The van der Waals surface area contributed by atoms with Crippen molar-refractivity contribution in [3.63, 3.8) is 0 Å². The molecule has 0 aliphatic heterocycles. The highest BCUT2D eigenvalue weighted by Crippen LogP contribution is 2.16. The summed E-state index contributed by atoms with van der Waals surface area (Å²) in [5, 5.41) is 5.95. The largest absolute Gasteiger partial charge is 0.370 e. The van der Waals surface area contributed by atoms with E-state index in [4.69, 9.17) is 0 Å². The van der Waals surface area contributed by atoms with Gasteiger partial charge in [0.25, 0.3) is 5.91 Å². The first kappa shape index (κ1) is 13.8. The molecule has 2 aromatic rings. The number of carbonyl (C=O) groups is 1. The Labute approximate surface area is 125 Å². The Balaban J connectivity index is 2.20.